The van der Waals surface area contributed by atoms with Crippen molar-refractivity contribution in [1.29, 1.82) is 5.41 Å². The van der Waals surface area contributed by atoms with Crippen molar-refractivity contribution in [3.63, 3.8) is 0 Å². The first-order valence-corrected chi connectivity index (χ1v) is 3.96. The monoisotopic (exact) mass is 170 g/mol. The van der Waals surface area contributed by atoms with Crippen LogP contribution in [-0.2, 0) is 0 Å². The highest BCUT2D eigenvalue weighted by atomic mass is 35.5. The zero-order chi connectivity index (χ0) is 8.27. The molecule has 3 N–H and O–H groups in total. The first kappa shape index (κ1) is 8.34. The lowest BCUT2D eigenvalue weighted by molar-refractivity contribution is 1.01. The first-order chi connectivity index (χ1) is 5.18. The van der Waals surface area contributed by atoms with E-state index in [4.69, 9.17) is 22.7 Å². The Balaban J connectivity index is 2.57. The Morgan fingerprint density at radius 3 is 3.09 bits per heavy atom. The fourth-order valence-electron chi connectivity index (χ4n) is 1.04. The van der Waals surface area contributed by atoms with Crippen LogP contribution in [0.3, 0.4) is 0 Å². The van der Waals surface area contributed by atoms with E-state index in [0.717, 1.165) is 12.0 Å². The molecule has 0 spiro atoms. The average molecular weight is 171 g/mol. The van der Waals surface area contributed by atoms with Gasteiger partial charge in [-0.05, 0) is 12.0 Å². The van der Waals surface area contributed by atoms with Crippen LogP contribution < -0.4 is 5.73 Å². The van der Waals surface area contributed by atoms with Crippen LogP contribution in [0.25, 0.3) is 0 Å². The molecule has 0 aromatic carbocycles. The van der Waals surface area contributed by atoms with E-state index >= 15 is 0 Å². The molecule has 1 aliphatic carbocycles. The third-order valence-electron chi connectivity index (χ3n) is 1.48. The Kier molecular flexibility index (Phi) is 2.71. The molecule has 1 atom stereocenters. The van der Waals surface area contributed by atoms with Crippen molar-refractivity contribution in [2.24, 2.45) is 5.73 Å². The van der Waals surface area contributed by atoms with Crippen molar-refractivity contribution in [2.45, 2.75) is 18.2 Å². The molecular formula is C8H11ClN2. The number of rotatable bonds is 2. The van der Waals surface area contributed by atoms with Crippen molar-refractivity contribution in [1.82, 2.24) is 0 Å². The van der Waals surface area contributed by atoms with E-state index in [1.807, 2.05) is 18.2 Å². The van der Waals surface area contributed by atoms with Crippen LogP contribution >= 0.6 is 11.6 Å². The molecule has 1 aliphatic rings. The fourth-order valence-corrected chi connectivity index (χ4v) is 1.31. The topological polar surface area (TPSA) is 49.9 Å². The van der Waals surface area contributed by atoms with Crippen LogP contribution in [0.4, 0.5) is 0 Å². The second-order valence-corrected chi connectivity index (χ2v) is 3.16. The standard InChI is InChI=1S/C8H11ClN2/c9-7-3-1-2-6(4-7)5-8(10)11/h1-2,4,7H,3,5H2,(H3,10,11). The highest BCUT2D eigenvalue weighted by molar-refractivity contribution is 6.22. The lowest BCUT2D eigenvalue weighted by atomic mass is 10.0. The minimum absolute atomic E-state index is 0.0781. The Morgan fingerprint density at radius 2 is 2.55 bits per heavy atom. The maximum absolute atomic E-state index is 7.06. The molecule has 0 aromatic heterocycles. The highest BCUT2D eigenvalue weighted by Gasteiger charge is 2.05. The summed E-state index contributed by atoms with van der Waals surface area (Å²) in [6, 6.07) is 0. The summed E-state index contributed by atoms with van der Waals surface area (Å²) in [7, 11) is 0. The van der Waals surface area contributed by atoms with Crippen LogP contribution in [0.2, 0.25) is 0 Å². The van der Waals surface area contributed by atoms with Gasteiger partial charge in [0.05, 0.1) is 11.2 Å². The summed E-state index contributed by atoms with van der Waals surface area (Å²) in [4.78, 5) is 0. The van der Waals surface area contributed by atoms with E-state index in [1.54, 1.807) is 0 Å². The van der Waals surface area contributed by atoms with Crippen molar-refractivity contribution in [3.8, 4) is 0 Å². The summed E-state index contributed by atoms with van der Waals surface area (Å²) in [5.41, 5.74) is 6.28. The van der Waals surface area contributed by atoms with E-state index in [9.17, 15) is 0 Å². The lowest BCUT2D eigenvalue weighted by Gasteiger charge is -2.09. The molecule has 1 rings (SSSR count). The van der Waals surface area contributed by atoms with Crippen LogP contribution in [0, 0.1) is 5.41 Å². The maximum Gasteiger partial charge on any atom is 0.0949 e. The third kappa shape index (κ3) is 2.76. The predicted molar refractivity (Wildman–Crippen MR) is 48.0 cm³/mol. The summed E-state index contributed by atoms with van der Waals surface area (Å²) >= 11 is 5.86. The molecule has 3 heteroatoms. The zero-order valence-corrected chi connectivity index (χ0v) is 6.93. The number of halogens is 1. The number of amidine groups is 1. The molecule has 0 heterocycles. The van der Waals surface area contributed by atoms with Gasteiger partial charge in [0, 0.05) is 6.42 Å². The summed E-state index contributed by atoms with van der Waals surface area (Å²) < 4.78 is 0. The Hall–Kier alpha value is -0.760. The van der Waals surface area contributed by atoms with E-state index in [2.05, 4.69) is 0 Å². The van der Waals surface area contributed by atoms with Gasteiger partial charge in [0.25, 0.3) is 0 Å². The average Bonchev–Trinajstić information content (AvgIpc) is 1.85. The number of nitrogens with two attached hydrogens (primary N) is 1. The second kappa shape index (κ2) is 3.58. The Bertz CT molecular complexity index is 218. The second-order valence-electron chi connectivity index (χ2n) is 2.60. The summed E-state index contributed by atoms with van der Waals surface area (Å²) in [5, 5.41) is 7.13. The molecule has 11 heavy (non-hydrogen) atoms. The summed E-state index contributed by atoms with van der Waals surface area (Å²) in [5.74, 6) is 0.187. The largest absolute Gasteiger partial charge is 0.387 e. The molecule has 60 valence electrons. The minimum Gasteiger partial charge on any atom is -0.387 e. The first-order valence-electron chi connectivity index (χ1n) is 3.52. The molecular weight excluding hydrogens is 160 g/mol. The minimum atomic E-state index is 0.0781. The quantitative estimate of drug-likeness (QED) is 0.371. The molecule has 2 nitrogen and oxygen atoms in total. The SMILES string of the molecule is N=C(N)CC1=CC(Cl)CC=C1. The van der Waals surface area contributed by atoms with Gasteiger partial charge in [0.1, 0.15) is 0 Å². The molecule has 1 unspecified atom stereocenters. The van der Waals surface area contributed by atoms with Crippen LogP contribution in [-0.4, -0.2) is 11.2 Å². The molecule has 0 saturated heterocycles. The maximum atomic E-state index is 7.06. The molecule has 0 amide bonds. The molecule has 0 fully saturated rings. The zero-order valence-electron chi connectivity index (χ0n) is 6.18. The van der Waals surface area contributed by atoms with Gasteiger partial charge < -0.3 is 5.73 Å². The molecule has 0 radical (unpaired) electrons. The van der Waals surface area contributed by atoms with Crippen LogP contribution in [0.5, 0.6) is 0 Å². The highest BCUT2D eigenvalue weighted by Crippen LogP contribution is 2.17. The molecule has 0 aromatic rings. The van der Waals surface area contributed by atoms with Gasteiger partial charge >= 0.3 is 0 Å². The van der Waals surface area contributed by atoms with Crippen molar-refractivity contribution in [2.75, 3.05) is 0 Å². The smallest absolute Gasteiger partial charge is 0.0949 e. The number of allylic oxidation sites excluding steroid dienone is 3. The Labute approximate surface area is 71.2 Å². The van der Waals surface area contributed by atoms with Gasteiger partial charge in [-0.1, -0.05) is 18.2 Å². The fraction of sp³-hybridized carbons (Fsp3) is 0.375. The molecule has 0 aliphatic heterocycles. The van der Waals surface area contributed by atoms with Gasteiger partial charge in [0.15, 0.2) is 0 Å². The lowest BCUT2D eigenvalue weighted by Crippen LogP contribution is -2.11. The predicted octanol–water partition coefficient (Wildman–Crippen LogP) is 1.81. The van der Waals surface area contributed by atoms with E-state index in [-0.39, 0.29) is 11.2 Å². The van der Waals surface area contributed by atoms with Crippen LogP contribution in [0.15, 0.2) is 23.8 Å². The van der Waals surface area contributed by atoms with Crippen molar-refractivity contribution in [3.05, 3.63) is 23.8 Å². The number of hydrogen-bond donors (Lipinski definition) is 2. The van der Waals surface area contributed by atoms with Gasteiger partial charge in [-0.2, -0.15) is 0 Å². The third-order valence-corrected chi connectivity index (χ3v) is 1.79. The Morgan fingerprint density at radius 1 is 1.82 bits per heavy atom. The van der Waals surface area contributed by atoms with Gasteiger partial charge in [-0.3, -0.25) is 5.41 Å². The number of hydrogen-bond acceptors (Lipinski definition) is 1. The van der Waals surface area contributed by atoms with Gasteiger partial charge in [-0.15, -0.1) is 11.6 Å². The summed E-state index contributed by atoms with van der Waals surface area (Å²) in [6.45, 7) is 0. The number of nitrogens with one attached hydrogen (secondary N) is 1. The van der Waals surface area contributed by atoms with Gasteiger partial charge in [0.2, 0.25) is 0 Å². The molecule has 0 saturated carbocycles. The normalized spacial score (nSPS) is 23.0. The van der Waals surface area contributed by atoms with Crippen LogP contribution in [0.1, 0.15) is 12.8 Å². The van der Waals surface area contributed by atoms with E-state index < -0.39 is 0 Å². The molecule has 0 bridgehead atoms. The van der Waals surface area contributed by atoms with E-state index in [0.29, 0.717) is 6.42 Å². The van der Waals surface area contributed by atoms with Gasteiger partial charge in [-0.25, -0.2) is 0 Å². The van der Waals surface area contributed by atoms with E-state index in [1.165, 1.54) is 0 Å². The van der Waals surface area contributed by atoms with Crippen molar-refractivity contribution >= 4 is 17.4 Å². The van der Waals surface area contributed by atoms with Crippen molar-refractivity contribution < 1.29 is 0 Å². The number of alkyl halides is 1. The summed E-state index contributed by atoms with van der Waals surface area (Å²) in [6.07, 6.45) is 7.32.